The highest BCUT2D eigenvalue weighted by atomic mass is 16.5. The average Bonchev–Trinajstić information content (AvgIpc) is 2.57. The van der Waals surface area contributed by atoms with Crippen molar-refractivity contribution < 1.29 is 14.3 Å². The van der Waals surface area contributed by atoms with Crippen LogP contribution in [0.1, 0.15) is 45.2 Å². The van der Waals surface area contributed by atoms with Gasteiger partial charge in [-0.25, -0.2) is 0 Å². The fourth-order valence-electron chi connectivity index (χ4n) is 2.06. The van der Waals surface area contributed by atoms with Gasteiger partial charge in [-0.3, -0.25) is 9.59 Å². The Labute approximate surface area is 150 Å². The number of benzene rings is 1. The Morgan fingerprint density at radius 1 is 1.20 bits per heavy atom. The minimum Gasteiger partial charge on any atom is -0.490 e. The smallest absolute Gasteiger partial charge is 0.239 e. The van der Waals surface area contributed by atoms with Crippen molar-refractivity contribution in [3.05, 3.63) is 29.3 Å². The summed E-state index contributed by atoms with van der Waals surface area (Å²) in [6.45, 7) is 10.1. The SMILES string of the molecule is CCC(C)Oc1cc(C)ccc1CNC(=O)CNC(=O)[C@@H](N)C(C)C. The van der Waals surface area contributed by atoms with Crippen LogP contribution in [-0.4, -0.2) is 30.5 Å². The van der Waals surface area contributed by atoms with Gasteiger partial charge in [0.25, 0.3) is 0 Å². The van der Waals surface area contributed by atoms with E-state index >= 15 is 0 Å². The second-order valence-corrected chi connectivity index (χ2v) is 6.71. The van der Waals surface area contributed by atoms with Crippen LogP contribution in [0, 0.1) is 12.8 Å². The van der Waals surface area contributed by atoms with Gasteiger partial charge in [0, 0.05) is 12.1 Å². The summed E-state index contributed by atoms with van der Waals surface area (Å²) in [5, 5.41) is 5.36. The molecule has 2 amide bonds. The van der Waals surface area contributed by atoms with Crippen molar-refractivity contribution in [2.45, 2.75) is 59.7 Å². The van der Waals surface area contributed by atoms with E-state index in [2.05, 4.69) is 17.6 Å². The first-order valence-corrected chi connectivity index (χ1v) is 8.80. The molecule has 0 aliphatic heterocycles. The standard InChI is InChI=1S/C19H31N3O3/c1-6-14(5)25-16-9-13(4)7-8-15(16)10-21-17(23)11-22-19(24)18(20)12(2)3/h7-9,12,14,18H,6,10-11,20H2,1-5H3,(H,21,23)(H,22,24)/t14?,18-/m0/s1. The fourth-order valence-corrected chi connectivity index (χ4v) is 2.06. The van der Waals surface area contributed by atoms with E-state index in [0.717, 1.165) is 23.3 Å². The normalized spacial score (nSPS) is 13.2. The summed E-state index contributed by atoms with van der Waals surface area (Å²) in [6, 6.07) is 5.28. The van der Waals surface area contributed by atoms with Crippen molar-refractivity contribution in [2.24, 2.45) is 11.7 Å². The number of hydrogen-bond acceptors (Lipinski definition) is 4. The van der Waals surface area contributed by atoms with Crippen molar-refractivity contribution in [3.63, 3.8) is 0 Å². The summed E-state index contributed by atoms with van der Waals surface area (Å²) in [5.74, 6) is 0.219. The number of amides is 2. The molecule has 0 fully saturated rings. The summed E-state index contributed by atoms with van der Waals surface area (Å²) in [4.78, 5) is 23.7. The number of aryl methyl sites for hydroxylation is 1. The Hall–Kier alpha value is -2.08. The Morgan fingerprint density at radius 3 is 2.48 bits per heavy atom. The van der Waals surface area contributed by atoms with E-state index in [1.165, 1.54) is 0 Å². The summed E-state index contributed by atoms with van der Waals surface area (Å²) >= 11 is 0. The maximum Gasteiger partial charge on any atom is 0.239 e. The first-order chi connectivity index (χ1) is 11.7. The molecule has 0 bridgehead atoms. The van der Waals surface area contributed by atoms with Crippen LogP contribution in [-0.2, 0) is 16.1 Å². The zero-order valence-corrected chi connectivity index (χ0v) is 15.9. The van der Waals surface area contributed by atoms with Gasteiger partial charge in [0.1, 0.15) is 5.75 Å². The molecule has 2 atom stereocenters. The Balaban J connectivity index is 2.57. The first-order valence-electron chi connectivity index (χ1n) is 8.80. The lowest BCUT2D eigenvalue weighted by Crippen LogP contribution is -2.47. The number of nitrogens with two attached hydrogens (primary N) is 1. The van der Waals surface area contributed by atoms with Crippen LogP contribution in [0.3, 0.4) is 0 Å². The van der Waals surface area contributed by atoms with E-state index < -0.39 is 6.04 Å². The van der Waals surface area contributed by atoms with Crippen LogP contribution in [0.25, 0.3) is 0 Å². The lowest BCUT2D eigenvalue weighted by molar-refractivity contribution is -0.127. The zero-order chi connectivity index (χ0) is 19.0. The third-order valence-corrected chi connectivity index (χ3v) is 4.05. The van der Waals surface area contributed by atoms with E-state index in [4.69, 9.17) is 10.5 Å². The van der Waals surface area contributed by atoms with E-state index in [-0.39, 0.29) is 30.4 Å². The molecule has 0 radical (unpaired) electrons. The van der Waals surface area contributed by atoms with Crippen LogP contribution >= 0.6 is 0 Å². The molecule has 1 aromatic rings. The van der Waals surface area contributed by atoms with Gasteiger partial charge in [0.15, 0.2) is 0 Å². The highest BCUT2D eigenvalue weighted by Gasteiger charge is 2.17. The molecule has 0 saturated heterocycles. The summed E-state index contributed by atoms with van der Waals surface area (Å²) in [6.07, 6.45) is 1.01. The van der Waals surface area contributed by atoms with Crippen LogP contribution in [0.2, 0.25) is 0 Å². The maximum atomic E-state index is 12.0. The number of carbonyl (C=O) groups excluding carboxylic acids is 2. The first kappa shape index (κ1) is 21.0. The van der Waals surface area contributed by atoms with Crippen molar-refractivity contribution in [1.82, 2.24) is 10.6 Å². The molecule has 0 aliphatic rings. The summed E-state index contributed by atoms with van der Waals surface area (Å²) in [5.41, 5.74) is 7.75. The monoisotopic (exact) mass is 349 g/mol. The molecule has 4 N–H and O–H groups in total. The molecule has 1 aromatic carbocycles. The third-order valence-electron chi connectivity index (χ3n) is 4.05. The predicted molar refractivity (Wildman–Crippen MR) is 99.2 cm³/mol. The second-order valence-electron chi connectivity index (χ2n) is 6.71. The summed E-state index contributed by atoms with van der Waals surface area (Å²) < 4.78 is 5.93. The second kappa shape index (κ2) is 10.0. The lowest BCUT2D eigenvalue weighted by Gasteiger charge is -2.18. The number of carbonyl (C=O) groups is 2. The average molecular weight is 349 g/mol. The molecule has 25 heavy (non-hydrogen) atoms. The minimum atomic E-state index is -0.611. The van der Waals surface area contributed by atoms with Crippen LogP contribution in [0.5, 0.6) is 5.75 Å². The van der Waals surface area contributed by atoms with Crippen molar-refractivity contribution >= 4 is 11.8 Å². The van der Waals surface area contributed by atoms with Gasteiger partial charge >= 0.3 is 0 Å². The molecular formula is C19H31N3O3. The highest BCUT2D eigenvalue weighted by molar-refractivity contribution is 5.87. The zero-order valence-electron chi connectivity index (χ0n) is 15.9. The lowest BCUT2D eigenvalue weighted by atomic mass is 10.1. The topological polar surface area (TPSA) is 93.5 Å². The molecule has 0 aromatic heterocycles. The van der Waals surface area contributed by atoms with Gasteiger partial charge in [0.2, 0.25) is 11.8 Å². The molecule has 0 saturated carbocycles. The predicted octanol–water partition coefficient (Wildman–Crippen LogP) is 1.89. The van der Waals surface area contributed by atoms with E-state index in [0.29, 0.717) is 6.54 Å². The van der Waals surface area contributed by atoms with Crippen LogP contribution < -0.4 is 21.1 Å². The van der Waals surface area contributed by atoms with Gasteiger partial charge in [-0.05, 0) is 37.8 Å². The van der Waals surface area contributed by atoms with Crippen molar-refractivity contribution in [2.75, 3.05) is 6.54 Å². The van der Waals surface area contributed by atoms with Crippen LogP contribution in [0.15, 0.2) is 18.2 Å². The highest BCUT2D eigenvalue weighted by Crippen LogP contribution is 2.22. The molecule has 6 heteroatoms. The van der Waals surface area contributed by atoms with Crippen molar-refractivity contribution in [1.29, 1.82) is 0 Å². The number of hydrogen-bond donors (Lipinski definition) is 3. The fraction of sp³-hybridized carbons (Fsp3) is 0.579. The largest absolute Gasteiger partial charge is 0.490 e. The van der Waals surface area contributed by atoms with Gasteiger partial charge < -0.3 is 21.1 Å². The number of rotatable bonds is 9. The maximum absolute atomic E-state index is 12.0. The molecular weight excluding hydrogens is 318 g/mol. The molecule has 1 unspecified atom stereocenters. The molecule has 0 spiro atoms. The van der Waals surface area contributed by atoms with E-state index in [1.54, 1.807) is 0 Å². The van der Waals surface area contributed by atoms with Gasteiger partial charge in [-0.2, -0.15) is 0 Å². The minimum absolute atomic E-state index is 0.0240. The molecule has 0 aliphatic carbocycles. The Bertz CT molecular complexity index is 587. The molecule has 140 valence electrons. The third kappa shape index (κ3) is 7.13. The van der Waals surface area contributed by atoms with Crippen LogP contribution in [0.4, 0.5) is 0 Å². The number of ether oxygens (including phenoxy) is 1. The van der Waals surface area contributed by atoms with Gasteiger partial charge in [-0.1, -0.05) is 32.9 Å². The summed E-state index contributed by atoms with van der Waals surface area (Å²) in [7, 11) is 0. The molecule has 6 nitrogen and oxygen atoms in total. The van der Waals surface area contributed by atoms with Crippen molar-refractivity contribution in [3.8, 4) is 5.75 Å². The Kier molecular flexibility index (Phi) is 8.41. The quantitative estimate of drug-likeness (QED) is 0.635. The Morgan fingerprint density at radius 2 is 1.88 bits per heavy atom. The van der Waals surface area contributed by atoms with Gasteiger partial charge in [-0.15, -0.1) is 0 Å². The number of nitrogens with one attached hydrogen (secondary N) is 2. The van der Waals surface area contributed by atoms with E-state index in [1.807, 2.05) is 45.9 Å². The van der Waals surface area contributed by atoms with E-state index in [9.17, 15) is 9.59 Å². The molecule has 1 rings (SSSR count). The van der Waals surface area contributed by atoms with Gasteiger partial charge in [0.05, 0.1) is 18.7 Å². The molecule has 0 heterocycles.